The van der Waals surface area contributed by atoms with E-state index in [4.69, 9.17) is 4.74 Å². The number of hydrogen-bond acceptors (Lipinski definition) is 6. The third kappa shape index (κ3) is 4.21. The normalized spacial score (nSPS) is 19.5. The molecule has 0 radical (unpaired) electrons. The minimum atomic E-state index is -2.99. The highest BCUT2D eigenvalue weighted by molar-refractivity contribution is 7.99. The van der Waals surface area contributed by atoms with Crippen LogP contribution in [0.5, 0.6) is 5.75 Å². The van der Waals surface area contributed by atoms with Crippen molar-refractivity contribution in [2.45, 2.75) is 24.5 Å². The van der Waals surface area contributed by atoms with E-state index in [0.717, 1.165) is 16.8 Å². The summed E-state index contributed by atoms with van der Waals surface area (Å²) >= 11 is 1.29. The van der Waals surface area contributed by atoms with E-state index in [1.807, 2.05) is 25.1 Å². The molecular weight excluding hydrogens is 350 g/mol. The zero-order valence-electron chi connectivity index (χ0n) is 13.2. The number of H-pyrrole nitrogens is 1. The van der Waals surface area contributed by atoms with Crippen LogP contribution < -0.4 is 10.1 Å². The summed E-state index contributed by atoms with van der Waals surface area (Å²) < 4.78 is 28.2. The van der Waals surface area contributed by atoms with Gasteiger partial charge in [0.15, 0.2) is 15.0 Å². The standard InChI is InChI=1S/C15H19N3O4S2/c1-2-22-11-3-4-12-13(7-11)18-15(17-12)23-8-14(19)16-10-5-6-24(20,21)9-10/h3-4,7,10H,2,5-6,8-9H2,1H3,(H,16,19)(H,17,18)/t10-/m1/s1. The maximum Gasteiger partial charge on any atom is 0.230 e. The molecule has 2 aromatic rings. The van der Waals surface area contributed by atoms with Gasteiger partial charge < -0.3 is 15.0 Å². The molecule has 130 valence electrons. The number of rotatable bonds is 6. The molecule has 1 aromatic carbocycles. The maximum absolute atomic E-state index is 11.9. The summed E-state index contributed by atoms with van der Waals surface area (Å²) in [6.45, 7) is 2.52. The van der Waals surface area contributed by atoms with Gasteiger partial charge in [0.25, 0.3) is 0 Å². The number of aromatic amines is 1. The highest BCUT2D eigenvalue weighted by atomic mass is 32.2. The second-order valence-corrected chi connectivity index (χ2v) is 8.80. The second-order valence-electron chi connectivity index (χ2n) is 5.61. The molecule has 0 bridgehead atoms. The third-order valence-corrected chi connectivity index (χ3v) is 6.32. The molecule has 0 spiro atoms. The number of thioether (sulfide) groups is 1. The number of nitrogens with one attached hydrogen (secondary N) is 2. The summed E-state index contributed by atoms with van der Waals surface area (Å²) in [7, 11) is -2.99. The Morgan fingerprint density at radius 1 is 1.50 bits per heavy atom. The van der Waals surface area contributed by atoms with Gasteiger partial charge in [-0.1, -0.05) is 11.8 Å². The van der Waals surface area contributed by atoms with E-state index in [-0.39, 0.29) is 29.2 Å². The Hall–Kier alpha value is -1.74. The van der Waals surface area contributed by atoms with Crippen molar-refractivity contribution >= 4 is 38.5 Å². The zero-order valence-corrected chi connectivity index (χ0v) is 14.9. The van der Waals surface area contributed by atoms with Crippen molar-refractivity contribution in [3.63, 3.8) is 0 Å². The van der Waals surface area contributed by atoms with Gasteiger partial charge in [0.05, 0.1) is 34.9 Å². The average molecular weight is 369 g/mol. The fourth-order valence-corrected chi connectivity index (χ4v) is 4.97. The summed E-state index contributed by atoms with van der Waals surface area (Å²) in [5.41, 5.74) is 1.66. The summed E-state index contributed by atoms with van der Waals surface area (Å²) in [6, 6.07) is 5.32. The van der Waals surface area contributed by atoms with Gasteiger partial charge in [-0.2, -0.15) is 0 Å². The number of ether oxygens (including phenoxy) is 1. The van der Waals surface area contributed by atoms with Crippen LogP contribution in [0.4, 0.5) is 0 Å². The smallest absolute Gasteiger partial charge is 0.230 e. The van der Waals surface area contributed by atoms with Gasteiger partial charge in [-0.25, -0.2) is 13.4 Å². The average Bonchev–Trinajstić information content (AvgIpc) is 3.07. The first-order valence-electron chi connectivity index (χ1n) is 7.70. The molecule has 1 aliphatic heterocycles. The third-order valence-electron chi connectivity index (χ3n) is 3.68. The first-order valence-corrected chi connectivity index (χ1v) is 10.5. The number of sulfone groups is 1. The van der Waals surface area contributed by atoms with E-state index in [1.54, 1.807) is 0 Å². The molecule has 0 unspecified atom stereocenters. The molecule has 1 aromatic heterocycles. The van der Waals surface area contributed by atoms with Crippen LogP contribution in [0, 0.1) is 0 Å². The van der Waals surface area contributed by atoms with E-state index in [1.165, 1.54) is 11.8 Å². The molecule has 3 rings (SSSR count). The molecular formula is C15H19N3O4S2. The minimum Gasteiger partial charge on any atom is -0.494 e. The Kier molecular flexibility index (Phi) is 5.00. The molecule has 24 heavy (non-hydrogen) atoms. The largest absolute Gasteiger partial charge is 0.494 e. The number of hydrogen-bond donors (Lipinski definition) is 2. The van der Waals surface area contributed by atoms with Gasteiger partial charge in [0, 0.05) is 12.1 Å². The summed E-state index contributed by atoms with van der Waals surface area (Å²) in [5, 5.41) is 3.41. The predicted octanol–water partition coefficient (Wildman–Crippen LogP) is 1.36. The second kappa shape index (κ2) is 7.02. The molecule has 1 aliphatic rings. The van der Waals surface area contributed by atoms with Crippen molar-refractivity contribution in [2.24, 2.45) is 0 Å². The number of imidazole rings is 1. The lowest BCUT2D eigenvalue weighted by Gasteiger charge is -2.09. The van der Waals surface area contributed by atoms with Crippen LogP contribution in [0.15, 0.2) is 23.4 Å². The van der Waals surface area contributed by atoms with Gasteiger partial charge in [-0.15, -0.1) is 0 Å². The number of aromatic nitrogens is 2. The van der Waals surface area contributed by atoms with E-state index in [2.05, 4.69) is 15.3 Å². The van der Waals surface area contributed by atoms with E-state index >= 15 is 0 Å². The highest BCUT2D eigenvalue weighted by Gasteiger charge is 2.28. The van der Waals surface area contributed by atoms with Gasteiger partial charge in [-0.3, -0.25) is 4.79 Å². The Morgan fingerprint density at radius 2 is 2.33 bits per heavy atom. The lowest BCUT2D eigenvalue weighted by atomic mass is 10.3. The van der Waals surface area contributed by atoms with E-state index in [9.17, 15) is 13.2 Å². The van der Waals surface area contributed by atoms with E-state index < -0.39 is 9.84 Å². The number of carbonyl (C=O) groups excluding carboxylic acids is 1. The fourth-order valence-electron chi connectivity index (χ4n) is 2.60. The van der Waals surface area contributed by atoms with Gasteiger partial charge in [-0.05, 0) is 25.5 Å². The van der Waals surface area contributed by atoms with Crippen LogP contribution in [0.1, 0.15) is 13.3 Å². The first-order chi connectivity index (χ1) is 11.4. The van der Waals surface area contributed by atoms with Crippen molar-refractivity contribution < 1.29 is 17.9 Å². The van der Waals surface area contributed by atoms with E-state index in [0.29, 0.717) is 18.2 Å². The summed E-state index contributed by atoms with van der Waals surface area (Å²) in [5.74, 6) is 0.961. The van der Waals surface area contributed by atoms with Gasteiger partial charge >= 0.3 is 0 Å². The lowest BCUT2D eigenvalue weighted by Crippen LogP contribution is -2.36. The quantitative estimate of drug-likeness (QED) is 0.746. The van der Waals surface area contributed by atoms with Crippen LogP contribution in [0.3, 0.4) is 0 Å². The van der Waals surface area contributed by atoms with Gasteiger partial charge in [0.1, 0.15) is 5.75 Å². The minimum absolute atomic E-state index is 0.0360. The summed E-state index contributed by atoms with van der Waals surface area (Å²) in [4.78, 5) is 19.5. The van der Waals surface area contributed by atoms with Crippen LogP contribution >= 0.6 is 11.8 Å². The van der Waals surface area contributed by atoms with Gasteiger partial charge in [0.2, 0.25) is 5.91 Å². The number of amides is 1. The fraction of sp³-hybridized carbons (Fsp3) is 0.467. The molecule has 9 heteroatoms. The van der Waals surface area contributed by atoms with Crippen molar-refractivity contribution in [1.82, 2.24) is 15.3 Å². The van der Waals surface area contributed by atoms with Crippen LogP contribution in [-0.4, -0.2) is 54.2 Å². The molecule has 0 aliphatic carbocycles. The molecule has 7 nitrogen and oxygen atoms in total. The first kappa shape index (κ1) is 17.1. The van der Waals surface area contributed by atoms with Crippen molar-refractivity contribution in [1.29, 1.82) is 0 Å². The molecule has 1 amide bonds. The van der Waals surface area contributed by atoms with Crippen molar-refractivity contribution in [3.05, 3.63) is 18.2 Å². The maximum atomic E-state index is 11.9. The lowest BCUT2D eigenvalue weighted by molar-refractivity contribution is -0.119. The van der Waals surface area contributed by atoms with Crippen LogP contribution in [-0.2, 0) is 14.6 Å². The summed E-state index contributed by atoms with van der Waals surface area (Å²) in [6.07, 6.45) is 0.490. The van der Waals surface area contributed by atoms with Crippen molar-refractivity contribution in [3.8, 4) is 5.75 Å². The zero-order chi connectivity index (χ0) is 17.2. The number of benzene rings is 1. The Labute approximate surface area is 144 Å². The highest BCUT2D eigenvalue weighted by Crippen LogP contribution is 2.23. The number of carbonyl (C=O) groups is 1. The molecule has 1 atom stereocenters. The van der Waals surface area contributed by atoms with Crippen LogP contribution in [0.25, 0.3) is 11.0 Å². The predicted molar refractivity (Wildman–Crippen MR) is 93.2 cm³/mol. The monoisotopic (exact) mass is 369 g/mol. The Balaban J connectivity index is 1.56. The molecule has 2 heterocycles. The molecule has 1 saturated heterocycles. The van der Waals surface area contributed by atoms with Crippen LogP contribution in [0.2, 0.25) is 0 Å². The SMILES string of the molecule is CCOc1ccc2nc(SCC(=O)N[C@@H]3CCS(=O)(=O)C3)[nH]c2c1. The Morgan fingerprint density at radius 3 is 3.04 bits per heavy atom. The molecule has 1 fully saturated rings. The molecule has 0 saturated carbocycles. The molecule has 2 N–H and O–H groups in total. The van der Waals surface area contributed by atoms with Crippen molar-refractivity contribution in [2.75, 3.05) is 23.9 Å². The Bertz CT molecular complexity index is 848. The topological polar surface area (TPSA) is 101 Å². The number of nitrogens with zero attached hydrogens (tertiary/aromatic N) is 1. The number of fused-ring (bicyclic) bond motifs is 1.